The number of fused-ring (bicyclic) bond motifs is 2. The Hall–Kier alpha value is -2.29. The first-order chi connectivity index (χ1) is 13.6. The van der Waals surface area contributed by atoms with Crippen molar-refractivity contribution >= 4 is 11.5 Å². The zero-order chi connectivity index (χ0) is 21.4. The van der Waals surface area contributed by atoms with Crippen LogP contribution in [0, 0.1) is 0 Å². The fourth-order valence-corrected chi connectivity index (χ4v) is 4.55. The predicted molar refractivity (Wildman–Crippen MR) is 120 cm³/mol. The second kappa shape index (κ2) is 7.85. The molecule has 3 heteroatoms. The third-order valence-electron chi connectivity index (χ3n) is 6.66. The highest BCUT2D eigenvalue weighted by molar-refractivity contribution is 5.88. The molecule has 2 aliphatic rings. The molecule has 0 atom stereocenters. The molecule has 1 aromatic rings. The van der Waals surface area contributed by atoms with Gasteiger partial charge in [-0.3, -0.25) is 0 Å². The average molecular weight is 395 g/mol. The second-order valence-electron chi connectivity index (χ2n) is 9.63. The summed E-state index contributed by atoms with van der Waals surface area (Å²) < 4.78 is 6.04. The van der Waals surface area contributed by atoms with Gasteiger partial charge in [-0.1, -0.05) is 52.8 Å². The third-order valence-corrected chi connectivity index (χ3v) is 6.66. The minimum atomic E-state index is -0.838. The molecule has 156 valence electrons. The van der Waals surface area contributed by atoms with Crippen molar-refractivity contribution in [3.63, 3.8) is 0 Å². The number of allylic oxidation sites excluding steroid dienone is 4. The van der Waals surface area contributed by atoms with Gasteiger partial charge in [-0.2, -0.15) is 0 Å². The van der Waals surface area contributed by atoms with E-state index in [4.69, 9.17) is 4.74 Å². The molecule has 1 aliphatic heterocycles. The standard InChI is InChI=1S/C26H34O3/c1-7-19(24(27)28)17(2)9-8-10-18-11-14-29-23-16-22-21(15-20(18)23)25(3,4)12-13-26(22,5)6/h8-10,15-16H,7,11-14H2,1-6H3,(H,27,28). The fraction of sp³-hybridized carbons (Fsp3) is 0.500. The summed E-state index contributed by atoms with van der Waals surface area (Å²) in [6.07, 6.45) is 9.76. The van der Waals surface area contributed by atoms with Gasteiger partial charge in [-0.05, 0) is 71.4 Å². The lowest BCUT2D eigenvalue weighted by Gasteiger charge is -2.42. The lowest BCUT2D eigenvalue weighted by molar-refractivity contribution is -0.132. The molecule has 0 unspecified atom stereocenters. The Morgan fingerprint density at radius 1 is 1.14 bits per heavy atom. The molecule has 0 amide bonds. The molecule has 29 heavy (non-hydrogen) atoms. The van der Waals surface area contributed by atoms with Gasteiger partial charge in [0.05, 0.1) is 6.61 Å². The van der Waals surface area contributed by atoms with E-state index >= 15 is 0 Å². The van der Waals surface area contributed by atoms with E-state index in [1.54, 1.807) is 0 Å². The number of carbonyl (C=O) groups is 1. The van der Waals surface area contributed by atoms with Crippen LogP contribution in [0.5, 0.6) is 5.75 Å². The number of carboxylic acids is 1. The van der Waals surface area contributed by atoms with E-state index in [2.05, 4.69) is 45.9 Å². The van der Waals surface area contributed by atoms with E-state index in [0.717, 1.165) is 17.7 Å². The SMILES string of the molecule is CCC(C(=O)O)=C(C)C=CC=C1CCOc2cc3c(cc21)C(C)(C)CCC3(C)C. The van der Waals surface area contributed by atoms with Gasteiger partial charge in [-0.15, -0.1) is 0 Å². The summed E-state index contributed by atoms with van der Waals surface area (Å²) in [4.78, 5) is 11.3. The van der Waals surface area contributed by atoms with E-state index in [1.165, 1.54) is 35.1 Å². The molecule has 0 saturated carbocycles. The molecule has 1 aromatic carbocycles. The Morgan fingerprint density at radius 2 is 1.76 bits per heavy atom. The largest absolute Gasteiger partial charge is 0.493 e. The highest BCUT2D eigenvalue weighted by Crippen LogP contribution is 2.49. The zero-order valence-corrected chi connectivity index (χ0v) is 18.7. The summed E-state index contributed by atoms with van der Waals surface area (Å²) in [5.74, 6) is 0.141. The van der Waals surface area contributed by atoms with Gasteiger partial charge in [0, 0.05) is 17.6 Å². The van der Waals surface area contributed by atoms with Crippen LogP contribution in [0.15, 0.2) is 41.5 Å². The smallest absolute Gasteiger partial charge is 0.331 e. The van der Waals surface area contributed by atoms with Crippen LogP contribution in [0.4, 0.5) is 0 Å². The van der Waals surface area contributed by atoms with Crippen LogP contribution in [0.1, 0.15) is 83.9 Å². The highest BCUT2D eigenvalue weighted by Gasteiger charge is 2.38. The molecule has 0 fully saturated rings. The quantitative estimate of drug-likeness (QED) is 0.464. The van der Waals surface area contributed by atoms with Crippen LogP contribution in [0.25, 0.3) is 5.57 Å². The lowest BCUT2D eigenvalue weighted by atomic mass is 9.62. The van der Waals surface area contributed by atoms with Crippen LogP contribution >= 0.6 is 0 Å². The third kappa shape index (κ3) is 4.19. The highest BCUT2D eigenvalue weighted by atomic mass is 16.5. The molecule has 0 radical (unpaired) electrons. The summed E-state index contributed by atoms with van der Waals surface area (Å²) >= 11 is 0. The van der Waals surface area contributed by atoms with Gasteiger partial charge >= 0.3 is 5.97 Å². The maximum atomic E-state index is 11.3. The Labute approximate surface area is 175 Å². The Balaban J connectivity index is 2.02. The average Bonchev–Trinajstić information content (AvgIpc) is 2.65. The van der Waals surface area contributed by atoms with Crippen molar-refractivity contribution in [3.8, 4) is 5.75 Å². The maximum absolute atomic E-state index is 11.3. The molecule has 0 spiro atoms. The van der Waals surface area contributed by atoms with Crippen molar-refractivity contribution in [2.24, 2.45) is 0 Å². The monoisotopic (exact) mass is 394 g/mol. The molecule has 1 N–H and O–H groups in total. The van der Waals surface area contributed by atoms with Gasteiger partial charge in [-0.25, -0.2) is 4.79 Å². The zero-order valence-electron chi connectivity index (χ0n) is 18.7. The topological polar surface area (TPSA) is 46.5 Å². The van der Waals surface area contributed by atoms with Crippen LogP contribution < -0.4 is 4.74 Å². The Bertz CT molecular complexity index is 910. The number of benzene rings is 1. The van der Waals surface area contributed by atoms with Crippen molar-refractivity contribution < 1.29 is 14.6 Å². The minimum Gasteiger partial charge on any atom is -0.493 e. The maximum Gasteiger partial charge on any atom is 0.331 e. The first kappa shape index (κ1) is 21.4. The van der Waals surface area contributed by atoms with Crippen molar-refractivity contribution in [3.05, 3.63) is 58.2 Å². The predicted octanol–water partition coefficient (Wildman–Crippen LogP) is 6.57. The summed E-state index contributed by atoms with van der Waals surface area (Å²) in [7, 11) is 0. The number of aliphatic carboxylic acids is 1. The summed E-state index contributed by atoms with van der Waals surface area (Å²) in [5, 5.41) is 9.30. The van der Waals surface area contributed by atoms with E-state index < -0.39 is 5.97 Å². The minimum absolute atomic E-state index is 0.162. The molecule has 0 bridgehead atoms. The Kier molecular flexibility index (Phi) is 5.80. The van der Waals surface area contributed by atoms with Crippen molar-refractivity contribution in [1.29, 1.82) is 0 Å². The molecule has 3 rings (SSSR count). The number of carboxylic acid groups (broad SMARTS) is 1. The molecular formula is C26H34O3. The molecule has 1 heterocycles. The second-order valence-corrected chi connectivity index (χ2v) is 9.63. The number of rotatable bonds is 4. The molecular weight excluding hydrogens is 360 g/mol. The van der Waals surface area contributed by atoms with Crippen LogP contribution in [-0.2, 0) is 15.6 Å². The van der Waals surface area contributed by atoms with E-state index in [1.807, 2.05) is 26.0 Å². The summed E-state index contributed by atoms with van der Waals surface area (Å²) in [6.45, 7) is 13.8. The fourth-order valence-electron chi connectivity index (χ4n) is 4.55. The van der Waals surface area contributed by atoms with Gasteiger partial charge in [0.1, 0.15) is 5.75 Å². The van der Waals surface area contributed by atoms with Crippen molar-refractivity contribution in [1.82, 2.24) is 0 Å². The molecule has 3 nitrogen and oxygen atoms in total. The normalized spacial score (nSPS) is 21.9. The van der Waals surface area contributed by atoms with E-state index in [-0.39, 0.29) is 10.8 Å². The van der Waals surface area contributed by atoms with Crippen LogP contribution in [-0.4, -0.2) is 17.7 Å². The lowest BCUT2D eigenvalue weighted by Crippen LogP contribution is -2.34. The van der Waals surface area contributed by atoms with Crippen molar-refractivity contribution in [2.75, 3.05) is 6.61 Å². The molecule has 0 aromatic heterocycles. The Morgan fingerprint density at radius 3 is 2.34 bits per heavy atom. The van der Waals surface area contributed by atoms with Gasteiger partial charge in [0.15, 0.2) is 0 Å². The van der Waals surface area contributed by atoms with E-state index in [9.17, 15) is 9.90 Å². The van der Waals surface area contributed by atoms with Gasteiger partial charge < -0.3 is 9.84 Å². The number of ether oxygens (including phenoxy) is 1. The van der Waals surface area contributed by atoms with Crippen LogP contribution in [0.2, 0.25) is 0 Å². The summed E-state index contributed by atoms with van der Waals surface area (Å²) in [6, 6.07) is 4.62. The van der Waals surface area contributed by atoms with Crippen LogP contribution in [0.3, 0.4) is 0 Å². The first-order valence-corrected chi connectivity index (χ1v) is 10.7. The van der Waals surface area contributed by atoms with Gasteiger partial charge in [0.25, 0.3) is 0 Å². The summed E-state index contributed by atoms with van der Waals surface area (Å²) in [5.41, 5.74) is 6.88. The van der Waals surface area contributed by atoms with Gasteiger partial charge in [0.2, 0.25) is 0 Å². The molecule has 1 aliphatic carbocycles. The number of hydrogen-bond acceptors (Lipinski definition) is 2. The van der Waals surface area contributed by atoms with E-state index in [0.29, 0.717) is 18.6 Å². The number of hydrogen-bond donors (Lipinski definition) is 1. The molecule has 0 saturated heterocycles. The first-order valence-electron chi connectivity index (χ1n) is 10.7. The van der Waals surface area contributed by atoms with Crippen molar-refractivity contribution in [2.45, 2.75) is 78.1 Å².